The Labute approximate surface area is 84.8 Å². The maximum Gasteiger partial charge on any atom is 0.315 e. The molecule has 1 aliphatic rings. The molecule has 1 N–H and O–H groups in total. The largest absolute Gasteiger partial charge is 0.634 e. The topological polar surface area (TPSA) is 53.8 Å². The summed E-state index contributed by atoms with van der Waals surface area (Å²) in [5.74, 6) is -0.416. The molecule has 0 aromatic rings. The molecule has 2 atom stereocenters. The van der Waals surface area contributed by atoms with E-state index >= 15 is 0 Å². The van der Waals surface area contributed by atoms with E-state index in [0.717, 1.165) is 12.8 Å². The van der Waals surface area contributed by atoms with Crippen molar-refractivity contribution in [3.8, 4) is 0 Å². The van der Waals surface area contributed by atoms with E-state index < -0.39 is 5.60 Å². The van der Waals surface area contributed by atoms with Crippen LogP contribution in [-0.4, -0.2) is 24.7 Å². The maximum absolute atomic E-state index is 11.6. The van der Waals surface area contributed by atoms with Crippen LogP contribution in [0.1, 0.15) is 33.6 Å². The number of hydrogen-bond acceptors (Lipinski definition) is 3. The van der Waals surface area contributed by atoms with Gasteiger partial charge >= 0.3 is 5.97 Å². The number of carbonyl (C=O) groups excluding carboxylic acids is 1. The number of carbonyl (C=O) groups is 1. The molecule has 14 heavy (non-hydrogen) atoms. The first-order valence-corrected chi connectivity index (χ1v) is 5.13. The third-order valence-electron chi connectivity index (χ3n) is 2.22. The number of nitrogens with one attached hydrogen (secondary N) is 1. The van der Waals surface area contributed by atoms with Gasteiger partial charge in [0, 0.05) is 0 Å². The fourth-order valence-electron chi connectivity index (χ4n) is 1.61. The van der Waals surface area contributed by atoms with Crippen molar-refractivity contribution in [3.63, 3.8) is 0 Å². The van der Waals surface area contributed by atoms with Crippen molar-refractivity contribution >= 4 is 5.97 Å². The van der Waals surface area contributed by atoms with Crippen LogP contribution >= 0.6 is 0 Å². The van der Waals surface area contributed by atoms with E-state index in [-0.39, 0.29) is 17.0 Å². The second-order valence-electron chi connectivity index (χ2n) is 4.87. The third-order valence-corrected chi connectivity index (χ3v) is 2.22. The van der Waals surface area contributed by atoms with Gasteiger partial charge in [-0.15, -0.1) is 0 Å². The lowest BCUT2D eigenvalue weighted by molar-refractivity contribution is -0.856. The summed E-state index contributed by atoms with van der Waals surface area (Å²) in [6.07, 6.45) is 1.61. The Kier molecular flexibility index (Phi) is 3.50. The lowest BCUT2D eigenvalue weighted by Crippen LogP contribution is -3.09. The molecular formula is C10H19NO3. The first kappa shape index (κ1) is 11.5. The zero-order valence-electron chi connectivity index (χ0n) is 9.13. The lowest BCUT2D eigenvalue weighted by atomic mass is 9.99. The molecule has 0 spiro atoms. The van der Waals surface area contributed by atoms with E-state index in [9.17, 15) is 10.0 Å². The van der Waals surface area contributed by atoms with Crippen molar-refractivity contribution < 1.29 is 14.6 Å². The van der Waals surface area contributed by atoms with Crippen molar-refractivity contribution in [2.24, 2.45) is 5.92 Å². The van der Waals surface area contributed by atoms with E-state index in [1.807, 2.05) is 20.8 Å². The summed E-state index contributed by atoms with van der Waals surface area (Å²) in [6.45, 7) is 6.52. The Morgan fingerprint density at radius 1 is 1.50 bits per heavy atom. The Hall–Kier alpha value is -0.610. The van der Waals surface area contributed by atoms with Gasteiger partial charge in [-0.2, -0.15) is 0 Å². The molecule has 4 heteroatoms. The average molecular weight is 201 g/mol. The van der Waals surface area contributed by atoms with Gasteiger partial charge < -0.3 is 15.0 Å². The molecule has 82 valence electrons. The highest BCUT2D eigenvalue weighted by Crippen LogP contribution is 2.15. The number of quaternary nitrogens is 1. The summed E-state index contributed by atoms with van der Waals surface area (Å²) in [6, 6.07) is 0. The molecule has 0 aromatic heterocycles. The van der Waals surface area contributed by atoms with Crippen molar-refractivity contribution in [1.82, 2.24) is 0 Å². The van der Waals surface area contributed by atoms with Crippen LogP contribution in [-0.2, 0) is 9.53 Å². The highest BCUT2D eigenvalue weighted by Gasteiger charge is 2.29. The summed E-state index contributed by atoms with van der Waals surface area (Å²) >= 11 is 0. The molecule has 1 rings (SSSR count). The molecule has 1 aliphatic heterocycles. The van der Waals surface area contributed by atoms with E-state index in [1.54, 1.807) is 0 Å². The van der Waals surface area contributed by atoms with E-state index in [2.05, 4.69) is 0 Å². The van der Waals surface area contributed by atoms with Crippen molar-refractivity contribution in [1.29, 1.82) is 0 Å². The molecule has 4 nitrogen and oxygen atoms in total. The molecule has 1 fully saturated rings. The van der Waals surface area contributed by atoms with Gasteiger partial charge in [-0.25, -0.2) is 0 Å². The number of ether oxygens (including phenoxy) is 1. The van der Waals surface area contributed by atoms with Crippen molar-refractivity contribution in [2.45, 2.75) is 39.2 Å². The van der Waals surface area contributed by atoms with Crippen LogP contribution in [0, 0.1) is 11.1 Å². The molecule has 1 saturated heterocycles. The molecule has 0 amide bonds. The molecule has 2 unspecified atom stereocenters. The van der Waals surface area contributed by atoms with Crippen molar-refractivity contribution in [2.75, 3.05) is 13.1 Å². The van der Waals surface area contributed by atoms with Crippen LogP contribution in [0.5, 0.6) is 0 Å². The predicted molar refractivity (Wildman–Crippen MR) is 52.6 cm³/mol. The third kappa shape index (κ3) is 3.64. The quantitative estimate of drug-likeness (QED) is 0.484. The van der Waals surface area contributed by atoms with Gasteiger partial charge in [-0.05, 0) is 33.6 Å². The summed E-state index contributed by atoms with van der Waals surface area (Å²) in [5.41, 5.74) is -0.447. The Bertz CT molecular complexity index is 210. The Morgan fingerprint density at radius 2 is 2.14 bits per heavy atom. The monoisotopic (exact) mass is 201 g/mol. The first-order valence-electron chi connectivity index (χ1n) is 5.13. The van der Waals surface area contributed by atoms with Gasteiger partial charge in [-0.1, -0.05) is 0 Å². The zero-order chi connectivity index (χ0) is 10.8. The molecular weight excluding hydrogens is 182 g/mol. The van der Waals surface area contributed by atoms with Gasteiger partial charge in [0.25, 0.3) is 0 Å². The SMILES string of the molecule is CC(C)(C)OC(=O)C1CCC[NH+]([O-])C1. The highest BCUT2D eigenvalue weighted by molar-refractivity contribution is 5.73. The number of esters is 1. The summed E-state index contributed by atoms with van der Waals surface area (Å²) in [4.78, 5) is 11.6. The van der Waals surface area contributed by atoms with Gasteiger partial charge in [0.05, 0.1) is 13.1 Å². The highest BCUT2D eigenvalue weighted by atomic mass is 16.6. The van der Waals surface area contributed by atoms with Crippen LogP contribution < -0.4 is 5.06 Å². The first-order chi connectivity index (χ1) is 6.38. The predicted octanol–water partition coefficient (Wildman–Crippen LogP) is 0.121. The number of rotatable bonds is 1. The van der Waals surface area contributed by atoms with Crippen LogP contribution in [0.3, 0.4) is 0 Å². The standard InChI is InChI=1S/C10H19NO3/c1-10(2,3)14-9(12)8-5-4-6-11(13)7-8/h8,11H,4-7H2,1-3H3. The molecule has 0 bridgehead atoms. The minimum atomic E-state index is -0.447. The normalized spacial score (nSPS) is 28.6. The summed E-state index contributed by atoms with van der Waals surface area (Å²) in [5, 5.41) is 11.3. The fraction of sp³-hybridized carbons (Fsp3) is 0.900. The second-order valence-corrected chi connectivity index (χ2v) is 4.87. The van der Waals surface area contributed by atoms with Crippen LogP contribution in [0.2, 0.25) is 0 Å². The van der Waals surface area contributed by atoms with Crippen LogP contribution in [0.25, 0.3) is 0 Å². The van der Waals surface area contributed by atoms with Gasteiger partial charge in [0.1, 0.15) is 11.5 Å². The molecule has 0 aliphatic carbocycles. The lowest BCUT2D eigenvalue weighted by Gasteiger charge is -2.32. The van der Waals surface area contributed by atoms with Gasteiger partial charge in [0.15, 0.2) is 0 Å². The van der Waals surface area contributed by atoms with E-state index in [4.69, 9.17) is 4.74 Å². The smallest absolute Gasteiger partial charge is 0.315 e. The summed E-state index contributed by atoms with van der Waals surface area (Å²) < 4.78 is 5.23. The van der Waals surface area contributed by atoms with Gasteiger partial charge in [0.2, 0.25) is 0 Å². The van der Waals surface area contributed by atoms with Crippen molar-refractivity contribution in [3.05, 3.63) is 5.21 Å². The fourth-order valence-corrected chi connectivity index (χ4v) is 1.61. The maximum atomic E-state index is 11.6. The minimum Gasteiger partial charge on any atom is -0.634 e. The number of hydroxylamine groups is 2. The van der Waals surface area contributed by atoms with Crippen LogP contribution in [0.15, 0.2) is 0 Å². The molecule has 1 heterocycles. The number of hydrogen-bond donors (Lipinski definition) is 1. The van der Waals surface area contributed by atoms with E-state index in [0.29, 0.717) is 13.1 Å². The molecule has 0 aromatic carbocycles. The minimum absolute atomic E-state index is 0.187. The zero-order valence-corrected chi connectivity index (χ0v) is 9.13. The van der Waals surface area contributed by atoms with Gasteiger partial charge in [-0.3, -0.25) is 4.79 Å². The Balaban J connectivity index is 2.44. The number of piperidine rings is 1. The van der Waals surface area contributed by atoms with Crippen LogP contribution in [0.4, 0.5) is 0 Å². The molecule has 0 saturated carbocycles. The molecule has 0 radical (unpaired) electrons. The summed E-state index contributed by atoms with van der Waals surface area (Å²) in [7, 11) is 0. The van der Waals surface area contributed by atoms with E-state index in [1.165, 1.54) is 0 Å². The average Bonchev–Trinajstić information content (AvgIpc) is 2.01. The Morgan fingerprint density at radius 3 is 2.64 bits per heavy atom. The second kappa shape index (κ2) is 4.28.